The average Bonchev–Trinajstić information content (AvgIpc) is 3.87. The first-order valence-electron chi connectivity index (χ1n) is 21.4. The Kier molecular flexibility index (Phi) is 16.2. The molecule has 1 aromatic carbocycles. The Bertz CT molecular complexity index is 1960. The number of alkyl halides is 5. The molecule has 0 radical (unpaired) electrons. The van der Waals surface area contributed by atoms with Gasteiger partial charge in [-0.25, -0.2) is 8.78 Å². The summed E-state index contributed by atoms with van der Waals surface area (Å²) in [4.78, 5) is 102. The van der Waals surface area contributed by atoms with Gasteiger partial charge in [0.1, 0.15) is 48.6 Å². The third-order valence-electron chi connectivity index (χ3n) is 12.4. The van der Waals surface area contributed by atoms with E-state index < -0.39 is 127 Å². The largest absolute Gasteiger partial charge is 0.426 e. The Morgan fingerprint density at radius 2 is 1.62 bits per heavy atom. The summed E-state index contributed by atoms with van der Waals surface area (Å²) in [5, 5.41) is 18.6. The molecule has 3 saturated heterocycles. The number of nitrogens with one attached hydrogen (secondary N) is 3. The Morgan fingerprint density at radius 1 is 0.969 bits per heavy atom. The van der Waals surface area contributed by atoms with E-state index in [1.807, 2.05) is 0 Å². The smallest absolute Gasteiger partial charge is 0.373 e. The van der Waals surface area contributed by atoms with Gasteiger partial charge >= 0.3 is 6.18 Å². The van der Waals surface area contributed by atoms with Crippen molar-refractivity contribution in [2.24, 2.45) is 11.8 Å². The van der Waals surface area contributed by atoms with Crippen LogP contribution in [0.25, 0.3) is 0 Å². The molecule has 0 bridgehead atoms. The first-order valence-corrected chi connectivity index (χ1v) is 22.1. The van der Waals surface area contributed by atoms with Gasteiger partial charge < -0.3 is 40.7 Å². The van der Waals surface area contributed by atoms with Gasteiger partial charge in [0, 0.05) is 49.9 Å². The minimum atomic E-state index is -5.44. The van der Waals surface area contributed by atoms with Gasteiger partial charge in [0.15, 0.2) is 0 Å². The third-order valence-corrected chi connectivity index (χ3v) is 13.0. The summed E-state index contributed by atoms with van der Waals surface area (Å²) in [5.74, 6) is -7.39. The van der Waals surface area contributed by atoms with E-state index in [1.165, 1.54) is 32.3 Å². The van der Waals surface area contributed by atoms with Crippen molar-refractivity contribution in [2.75, 3.05) is 33.7 Å². The molecule has 4 aliphatic rings. The second-order valence-corrected chi connectivity index (χ2v) is 18.7. The fraction of sp³-hybridized carbons (Fsp3) is 0.690. The molecule has 3 heterocycles. The van der Waals surface area contributed by atoms with E-state index >= 15 is 4.39 Å². The normalized spacial score (nSPS) is 28.0. The number of aliphatic hydroxyl groups is 1. The van der Waals surface area contributed by atoms with Crippen LogP contribution in [0.5, 0.6) is 0 Å². The number of carbonyl (C=O) groups is 7. The van der Waals surface area contributed by atoms with Gasteiger partial charge in [-0.15, -0.1) is 0 Å². The summed E-state index contributed by atoms with van der Waals surface area (Å²) in [7, 11) is 2.64. The monoisotopic (exact) mass is 951 g/mol. The Labute approximate surface area is 378 Å². The van der Waals surface area contributed by atoms with Crippen LogP contribution in [0.4, 0.5) is 22.0 Å². The molecule has 1 aliphatic carbocycles. The van der Waals surface area contributed by atoms with Crippen LogP contribution in [0.1, 0.15) is 77.7 Å². The summed E-state index contributed by atoms with van der Waals surface area (Å²) in [6, 6.07) is -3.73. The molecule has 4 fully saturated rings. The Balaban J connectivity index is 1.44. The summed E-state index contributed by atoms with van der Waals surface area (Å²) in [6.07, 6.45) is -8.68. The molecule has 5 rings (SSSR count). The van der Waals surface area contributed by atoms with Crippen molar-refractivity contribution in [1.29, 1.82) is 0 Å². The van der Waals surface area contributed by atoms with Crippen molar-refractivity contribution in [3.05, 3.63) is 33.8 Å². The maximum absolute atomic E-state index is 15.0. The number of likely N-dealkylation sites (tertiary alicyclic amines) is 1. The van der Waals surface area contributed by atoms with E-state index in [0.717, 1.165) is 14.7 Å². The standard InChI is InChI=1S/C42H56Cl2F5N7O8/c1-21(2)14-28-37(60)54(5)32(16-23-15-24(43)11-12-27(23)44)38(61)55-19-25(45)17-30(55)34(57)50-13-7-6-8-29(35(58)51-28)53(4)39(62)33(22-9-10-22)52-36(59)31-18-26(46)20-56(31)40(63)41(3,64)42(47,48)49/h11-12,15,21-22,25-26,28-33,64H,6-10,13-14,16-20H2,1-5H3,(H,50,57)(H,51,58)(H,52,59)/t25-,26-,28+,29+,30-,31?,32+,33+,41-/m1/s1. The summed E-state index contributed by atoms with van der Waals surface area (Å²) in [5.41, 5.74) is -3.55. The van der Waals surface area contributed by atoms with Crippen LogP contribution in [0.2, 0.25) is 10.0 Å². The van der Waals surface area contributed by atoms with Gasteiger partial charge in [0.2, 0.25) is 41.0 Å². The van der Waals surface area contributed by atoms with Crippen LogP contribution in [0, 0.1) is 11.8 Å². The van der Waals surface area contributed by atoms with Crippen molar-refractivity contribution in [2.45, 2.75) is 139 Å². The molecule has 1 aromatic rings. The third kappa shape index (κ3) is 11.6. The minimum Gasteiger partial charge on any atom is -0.373 e. The van der Waals surface area contributed by atoms with Crippen LogP contribution < -0.4 is 16.0 Å². The van der Waals surface area contributed by atoms with Crippen molar-refractivity contribution in [3.8, 4) is 0 Å². The first kappa shape index (κ1) is 50.7. The van der Waals surface area contributed by atoms with Gasteiger partial charge in [-0.2, -0.15) is 13.2 Å². The quantitative estimate of drug-likeness (QED) is 0.258. The van der Waals surface area contributed by atoms with E-state index in [2.05, 4.69) is 16.0 Å². The predicted octanol–water partition coefficient (Wildman–Crippen LogP) is 3.11. The lowest BCUT2D eigenvalue weighted by Crippen LogP contribution is -2.61. The van der Waals surface area contributed by atoms with E-state index in [9.17, 15) is 56.2 Å². The zero-order valence-corrected chi connectivity index (χ0v) is 37.7. The van der Waals surface area contributed by atoms with E-state index in [0.29, 0.717) is 23.3 Å². The fourth-order valence-corrected chi connectivity index (χ4v) is 8.90. The first-order chi connectivity index (χ1) is 29.8. The van der Waals surface area contributed by atoms with Crippen LogP contribution >= 0.6 is 23.2 Å². The number of likely N-dealkylation sites (N-methyl/N-ethyl adjacent to an activating group) is 2. The molecule has 15 nitrogen and oxygen atoms in total. The molecule has 22 heteroatoms. The Morgan fingerprint density at radius 3 is 2.25 bits per heavy atom. The summed E-state index contributed by atoms with van der Waals surface area (Å²) in [6.45, 7) is 2.54. The lowest BCUT2D eigenvalue weighted by molar-refractivity contribution is -0.250. The number of nitrogens with zero attached hydrogens (tertiary/aromatic N) is 4. The zero-order chi connectivity index (χ0) is 47.6. The zero-order valence-electron chi connectivity index (χ0n) is 36.2. The topological polar surface area (TPSA) is 189 Å². The Hall–Kier alpha value is -4.30. The highest BCUT2D eigenvalue weighted by Crippen LogP contribution is 2.37. The second-order valence-electron chi connectivity index (χ2n) is 17.9. The van der Waals surface area contributed by atoms with Gasteiger partial charge in [-0.1, -0.05) is 37.0 Å². The maximum Gasteiger partial charge on any atom is 0.426 e. The van der Waals surface area contributed by atoms with E-state index in [4.69, 9.17) is 23.2 Å². The predicted molar refractivity (Wildman–Crippen MR) is 223 cm³/mol. The number of carbonyl (C=O) groups excluding carboxylic acids is 7. The molecule has 356 valence electrons. The van der Waals surface area contributed by atoms with Gasteiger partial charge in [-0.3, -0.25) is 33.6 Å². The number of benzene rings is 1. The number of amides is 7. The fourth-order valence-electron chi connectivity index (χ4n) is 8.51. The molecular weight excluding hydrogens is 896 g/mol. The summed E-state index contributed by atoms with van der Waals surface area (Å²) < 4.78 is 70.5. The average molecular weight is 953 g/mol. The number of fused-ring (bicyclic) bond motifs is 1. The number of rotatable bonds is 10. The highest BCUT2D eigenvalue weighted by molar-refractivity contribution is 6.33. The molecule has 1 saturated carbocycles. The minimum absolute atomic E-state index is 0.0227. The molecular formula is C42H56Cl2F5N7O8. The van der Waals surface area contributed by atoms with Crippen molar-refractivity contribution < 1.29 is 60.6 Å². The summed E-state index contributed by atoms with van der Waals surface area (Å²) >= 11 is 12.8. The number of halogens is 7. The van der Waals surface area contributed by atoms with Crippen molar-refractivity contribution in [1.82, 2.24) is 35.6 Å². The van der Waals surface area contributed by atoms with Crippen molar-refractivity contribution >= 4 is 64.6 Å². The van der Waals surface area contributed by atoms with E-state index in [-0.39, 0.29) is 68.0 Å². The van der Waals surface area contributed by atoms with Gasteiger partial charge in [0.05, 0.1) is 13.1 Å². The molecule has 64 heavy (non-hydrogen) atoms. The van der Waals surface area contributed by atoms with E-state index in [1.54, 1.807) is 13.8 Å². The molecule has 4 N–H and O–H groups in total. The number of hydrogen-bond donors (Lipinski definition) is 4. The molecule has 0 spiro atoms. The highest BCUT2D eigenvalue weighted by atomic mass is 35.5. The highest BCUT2D eigenvalue weighted by Gasteiger charge is 2.60. The lowest BCUT2D eigenvalue weighted by Gasteiger charge is -2.37. The second kappa shape index (κ2) is 20.5. The van der Waals surface area contributed by atoms with Crippen molar-refractivity contribution in [3.63, 3.8) is 0 Å². The van der Waals surface area contributed by atoms with Gasteiger partial charge in [0.25, 0.3) is 5.91 Å². The van der Waals surface area contributed by atoms with Crippen LogP contribution in [0.3, 0.4) is 0 Å². The lowest BCUT2D eigenvalue weighted by atomic mass is 9.98. The van der Waals surface area contributed by atoms with Crippen LogP contribution in [-0.2, 0) is 40.0 Å². The molecule has 7 amide bonds. The molecule has 0 aromatic heterocycles. The number of hydrogen-bond acceptors (Lipinski definition) is 8. The van der Waals surface area contributed by atoms with Crippen LogP contribution in [-0.4, -0.2) is 160 Å². The maximum atomic E-state index is 15.0. The molecule has 3 aliphatic heterocycles. The van der Waals surface area contributed by atoms with Crippen LogP contribution in [0.15, 0.2) is 18.2 Å². The van der Waals surface area contributed by atoms with Gasteiger partial charge in [-0.05, 0) is 81.0 Å². The SMILES string of the molecule is CC(C)C[C@@H]1NC(=O)[C@@H](N(C)C(=O)[C@@H](NC(=O)C2C[C@@H](F)CN2C(=O)[C@@](C)(O)C(F)(F)F)C2CC2)CCCCNC(=O)[C@H]2C[C@@H](F)CN2C(=O)[C@H](Cc2cc(Cl)ccc2Cl)N(C)C1=O. The molecule has 9 atom stereocenters. The molecule has 1 unspecified atom stereocenters.